The van der Waals surface area contributed by atoms with Crippen molar-refractivity contribution in [2.75, 3.05) is 13.1 Å². The summed E-state index contributed by atoms with van der Waals surface area (Å²) in [5.74, 6) is 0.594. The van der Waals surface area contributed by atoms with Crippen LogP contribution in [0, 0.1) is 6.92 Å². The minimum Gasteiger partial charge on any atom is -0.473 e. The Labute approximate surface area is 172 Å². The van der Waals surface area contributed by atoms with Gasteiger partial charge in [-0.25, -0.2) is 4.98 Å². The van der Waals surface area contributed by atoms with Crippen molar-refractivity contribution in [2.24, 2.45) is 0 Å². The highest BCUT2D eigenvalue weighted by Crippen LogP contribution is 2.26. The predicted octanol–water partition coefficient (Wildman–Crippen LogP) is 3.86. The highest BCUT2D eigenvalue weighted by molar-refractivity contribution is 5.72. The van der Waals surface area contributed by atoms with Crippen molar-refractivity contribution in [3.05, 3.63) is 83.6 Å². The minimum absolute atomic E-state index is 0.0143. The van der Waals surface area contributed by atoms with Crippen molar-refractivity contribution in [1.29, 1.82) is 0 Å². The molecule has 3 rings (SSSR count). The molecule has 0 atom stereocenters. The lowest BCUT2D eigenvalue weighted by atomic mass is 9.97. The first kappa shape index (κ1) is 20.6. The fourth-order valence-corrected chi connectivity index (χ4v) is 3.08. The zero-order chi connectivity index (χ0) is 20.5. The van der Waals surface area contributed by atoms with E-state index in [9.17, 15) is 4.79 Å². The molecule has 3 aromatic rings. The Morgan fingerprint density at radius 1 is 1.00 bits per heavy atom. The Morgan fingerprint density at radius 3 is 2.55 bits per heavy atom. The van der Waals surface area contributed by atoms with Crippen molar-refractivity contribution in [3.8, 4) is 17.0 Å². The molecule has 29 heavy (non-hydrogen) atoms. The lowest BCUT2D eigenvalue weighted by molar-refractivity contribution is -0.118. The van der Waals surface area contributed by atoms with Gasteiger partial charge in [-0.2, -0.15) is 0 Å². The Bertz CT molecular complexity index is 925. The van der Waals surface area contributed by atoms with Gasteiger partial charge in [0.15, 0.2) is 0 Å². The van der Waals surface area contributed by atoms with E-state index >= 15 is 0 Å². The number of ether oxygens (including phenoxy) is 1. The number of nitrogens with zero attached hydrogens (tertiary/aromatic N) is 1. The van der Waals surface area contributed by atoms with Gasteiger partial charge in [0.05, 0.1) is 0 Å². The maximum atomic E-state index is 10.8. The predicted molar refractivity (Wildman–Crippen MR) is 116 cm³/mol. The zero-order valence-electron chi connectivity index (χ0n) is 16.9. The van der Waals surface area contributed by atoms with Gasteiger partial charge >= 0.3 is 0 Å². The Balaban J connectivity index is 1.53. The molecular formula is C24H27N3O2. The minimum atomic E-state index is -0.0143. The summed E-state index contributed by atoms with van der Waals surface area (Å²) in [6.45, 7) is 6.16. The standard InChI is InChI=1S/C24H27N3O2/c1-18-22(9-6-10-23(18)21-7-4-3-5-8-21)17-29-24-12-11-20(16-27-24)15-25-13-14-26-19(2)28/h3-12,16,25H,13-15,17H2,1-2H3,(H,26,28). The molecule has 0 aliphatic rings. The number of nitrogens with one attached hydrogen (secondary N) is 2. The average molecular weight is 389 g/mol. The molecule has 0 spiro atoms. The molecule has 0 aliphatic heterocycles. The van der Waals surface area contributed by atoms with Crippen LogP contribution in [0.15, 0.2) is 66.9 Å². The molecule has 2 aromatic carbocycles. The van der Waals surface area contributed by atoms with Crippen LogP contribution in [0.1, 0.15) is 23.6 Å². The van der Waals surface area contributed by atoms with Crippen LogP contribution in [0.5, 0.6) is 5.88 Å². The lowest BCUT2D eigenvalue weighted by Gasteiger charge is -2.13. The zero-order valence-corrected chi connectivity index (χ0v) is 16.9. The monoisotopic (exact) mass is 389 g/mol. The van der Waals surface area contributed by atoms with Gasteiger partial charge in [-0.05, 0) is 34.7 Å². The van der Waals surface area contributed by atoms with E-state index in [-0.39, 0.29) is 5.91 Å². The average Bonchev–Trinajstić information content (AvgIpc) is 2.74. The molecule has 0 saturated heterocycles. The van der Waals surface area contributed by atoms with Gasteiger partial charge in [0.2, 0.25) is 11.8 Å². The normalized spacial score (nSPS) is 10.6. The van der Waals surface area contributed by atoms with Crippen LogP contribution in [0.2, 0.25) is 0 Å². The summed E-state index contributed by atoms with van der Waals surface area (Å²) < 4.78 is 5.91. The van der Waals surface area contributed by atoms with Gasteiger partial charge in [0, 0.05) is 38.8 Å². The second-order valence-corrected chi connectivity index (χ2v) is 6.91. The van der Waals surface area contributed by atoms with Gasteiger partial charge in [0.25, 0.3) is 0 Å². The molecule has 0 fully saturated rings. The molecule has 2 N–H and O–H groups in total. The maximum Gasteiger partial charge on any atom is 0.216 e. The van der Waals surface area contributed by atoms with Gasteiger partial charge < -0.3 is 15.4 Å². The maximum absolute atomic E-state index is 10.8. The second kappa shape index (κ2) is 10.4. The molecule has 0 saturated carbocycles. The number of carbonyl (C=O) groups is 1. The van der Waals surface area contributed by atoms with Crippen molar-refractivity contribution in [1.82, 2.24) is 15.6 Å². The Hall–Kier alpha value is -3.18. The highest BCUT2D eigenvalue weighted by atomic mass is 16.5. The quantitative estimate of drug-likeness (QED) is 0.546. The molecule has 5 heteroatoms. The topological polar surface area (TPSA) is 63.2 Å². The van der Waals surface area contributed by atoms with Gasteiger partial charge in [-0.3, -0.25) is 4.79 Å². The number of rotatable bonds is 9. The van der Waals surface area contributed by atoms with Crippen LogP contribution < -0.4 is 15.4 Å². The van der Waals surface area contributed by atoms with Gasteiger partial charge in [-0.1, -0.05) is 54.6 Å². The summed E-state index contributed by atoms with van der Waals surface area (Å²) in [5, 5.41) is 6.02. The summed E-state index contributed by atoms with van der Waals surface area (Å²) in [6, 6.07) is 20.6. The smallest absolute Gasteiger partial charge is 0.216 e. The van der Waals surface area contributed by atoms with E-state index in [0.717, 1.165) is 17.7 Å². The molecule has 0 bridgehead atoms. The van der Waals surface area contributed by atoms with Gasteiger partial charge in [0.1, 0.15) is 6.61 Å². The van der Waals surface area contributed by atoms with E-state index in [1.165, 1.54) is 23.6 Å². The molecule has 0 unspecified atom stereocenters. The van der Waals surface area contributed by atoms with Crippen molar-refractivity contribution in [3.63, 3.8) is 0 Å². The molecule has 0 aliphatic carbocycles. The van der Waals surface area contributed by atoms with Crippen LogP contribution in [-0.2, 0) is 17.9 Å². The molecule has 5 nitrogen and oxygen atoms in total. The first-order valence-electron chi connectivity index (χ1n) is 9.80. The Kier molecular flexibility index (Phi) is 7.36. The summed E-state index contributed by atoms with van der Waals surface area (Å²) >= 11 is 0. The highest BCUT2D eigenvalue weighted by Gasteiger charge is 2.07. The van der Waals surface area contributed by atoms with E-state index in [2.05, 4.69) is 65.0 Å². The SMILES string of the molecule is CC(=O)NCCNCc1ccc(OCc2cccc(-c3ccccc3)c2C)nc1. The molecule has 150 valence electrons. The number of aromatic nitrogens is 1. The number of hydrogen-bond acceptors (Lipinski definition) is 4. The van der Waals surface area contributed by atoms with Crippen LogP contribution in [0.25, 0.3) is 11.1 Å². The molecular weight excluding hydrogens is 362 g/mol. The first-order chi connectivity index (χ1) is 14.1. The third-order valence-electron chi connectivity index (χ3n) is 4.71. The summed E-state index contributed by atoms with van der Waals surface area (Å²) in [6.07, 6.45) is 1.81. The summed E-state index contributed by atoms with van der Waals surface area (Å²) in [7, 11) is 0. The number of amides is 1. The summed E-state index contributed by atoms with van der Waals surface area (Å²) in [5.41, 5.74) is 5.87. The molecule has 0 radical (unpaired) electrons. The van der Waals surface area contributed by atoms with Crippen molar-refractivity contribution < 1.29 is 9.53 Å². The van der Waals surface area contributed by atoms with Crippen LogP contribution in [0.3, 0.4) is 0 Å². The van der Waals surface area contributed by atoms with Crippen LogP contribution >= 0.6 is 0 Å². The first-order valence-corrected chi connectivity index (χ1v) is 9.80. The number of hydrogen-bond donors (Lipinski definition) is 2. The van der Waals surface area contributed by atoms with Crippen LogP contribution in [-0.4, -0.2) is 24.0 Å². The fourth-order valence-electron chi connectivity index (χ4n) is 3.08. The van der Waals surface area contributed by atoms with Gasteiger partial charge in [-0.15, -0.1) is 0 Å². The van der Waals surface area contributed by atoms with Crippen molar-refractivity contribution in [2.45, 2.75) is 27.0 Å². The van der Waals surface area contributed by atoms with Crippen LogP contribution in [0.4, 0.5) is 0 Å². The summed E-state index contributed by atoms with van der Waals surface area (Å²) in [4.78, 5) is 15.2. The number of pyridine rings is 1. The third-order valence-corrected chi connectivity index (χ3v) is 4.71. The van der Waals surface area contributed by atoms with E-state index in [1.54, 1.807) is 0 Å². The number of carbonyl (C=O) groups excluding carboxylic acids is 1. The molecule has 1 heterocycles. The molecule has 1 amide bonds. The van der Waals surface area contributed by atoms with E-state index < -0.39 is 0 Å². The van der Waals surface area contributed by atoms with E-state index in [4.69, 9.17) is 4.74 Å². The van der Waals surface area contributed by atoms with Crippen molar-refractivity contribution >= 4 is 5.91 Å². The van der Waals surface area contributed by atoms with E-state index in [1.807, 2.05) is 24.4 Å². The lowest BCUT2D eigenvalue weighted by Crippen LogP contribution is -2.29. The third kappa shape index (κ3) is 6.16. The molecule has 1 aromatic heterocycles. The Morgan fingerprint density at radius 2 is 1.83 bits per heavy atom. The number of benzene rings is 2. The largest absolute Gasteiger partial charge is 0.473 e. The fraction of sp³-hybridized carbons (Fsp3) is 0.250. The van der Waals surface area contributed by atoms with E-state index in [0.29, 0.717) is 25.6 Å². The second-order valence-electron chi connectivity index (χ2n) is 6.91.